The van der Waals surface area contributed by atoms with E-state index in [0.717, 1.165) is 11.5 Å². The lowest BCUT2D eigenvalue weighted by Crippen LogP contribution is -1.63. The monoisotopic (exact) mass is 118 g/mol. The van der Waals surface area contributed by atoms with Gasteiger partial charge in [0, 0.05) is 11.9 Å². The van der Waals surface area contributed by atoms with E-state index in [1.165, 1.54) is 0 Å². The Bertz CT molecular complexity index is 242. The first kappa shape index (κ1) is 4.56. The molecule has 0 aliphatic carbocycles. The van der Waals surface area contributed by atoms with E-state index in [-0.39, 0.29) is 0 Å². The summed E-state index contributed by atoms with van der Waals surface area (Å²) in [6.07, 6.45) is 5.68. The number of nitrogens with zero attached hydrogens (tertiary/aromatic N) is 1. The fourth-order valence-corrected chi connectivity index (χ4v) is 0.842. The molecule has 0 radical (unpaired) electrons. The van der Waals surface area contributed by atoms with Crippen LogP contribution in [-0.2, 0) is 0 Å². The van der Waals surface area contributed by atoms with E-state index in [2.05, 4.69) is 9.98 Å². The third-order valence-corrected chi connectivity index (χ3v) is 1.27. The average Bonchev–Trinajstić information content (AvgIpc) is 2.09. The molecule has 2 bridgehead atoms. The molecule has 0 amide bonds. The highest BCUT2D eigenvalue weighted by Crippen LogP contribution is 2.13. The van der Waals surface area contributed by atoms with E-state index in [4.69, 9.17) is 0 Å². The summed E-state index contributed by atoms with van der Waals surface area (Å²) in [7, 11) is 0. The lowest BCUT2D eigenvalue weighted by Gasteiger charge is -1.78. The second-order valence-corrected chi connectivity index (χ2v) is 1.94. The number of hydrogen-bond donors (Lipinski definition) is 1. The number of aromatic nitrogens is 1. The minimum atomic E-state index is 0.926. The largest absolute Gasteiger partial charge is 0.340 e. The number of fused-ring (bicyclic) bond motifs is 2. The van der Waals surface area contributed by atoms with Crippen molar-refractivity contribution in [3.63, 3.8) is 0 Å². The zero-order valence-corrected chi connectivity index (χ0v) is 4.83. The molecule has 0 spiro atoms. The molecule has 1 aromatic heterocycles. The van der Waals surface area contributed by atoms with Gasteiger partial charge in [-0.2, -0.15) is 0 Å². The van der Waals surface area contributed by atoms with Crippen LogP contribution in [0.1, 0.15) is 5.69 Å². The number of rotatable bonds is 0. The minimum absolute atomic E-state index is 0.926. The van der Waals surface area contributed by atoms with E-state index in [1.54, 1.807) is 6.21 Å². The van der Waals surface area contributed by atoms with Crippen molar-refractivity contribution >= 4 is 18.1 Å². The maximum Gasteiger partial charge on any atom is 0.130 e. The molecule has 44 valence electrons. The van der Waals surface area contributed by atoms with E-state index in [1.807, 2.05) is 24.3 Å². The Kier molecular flexibility index (Phi) is 0.803. The van der Waals surface area contributed by atoms with Gasteiger partial charge >= 0.3 is 0 Å². The van der Waals surface area contributed by atoms with E-state index < -0.39 is 0 Å². The highest BCUT2D eigenvalue weighted by Gasteiger charge is 1.93. The molecular weight excluding hydrogens is 112 g/mol. The smallest absolute Gasteiger partial charge is 0.130 e. The van der Waals surface area contributed by atoms with Gasteiger partial charge in [0.1, 0.15) is 5.82 Å². The molecule has 0 fully saturated rings. The van der Waals surface area contributed by atoms with Gasteiger partial charge in [-0.3, -0.25) is 0 Å². The van der Waals surface area contributed by atoms with Crippen LogP contribution in [0.15, 0.2) is 23.2 Å². The Hall–Kier alpha value is -1.31. The Morgan fingerprint density at radius 2 is 2.33 bits per heavy atom. The van der Waals surface area contributed by atoms with Crippen molar-refractivity contribution in [3.05, 3.63) is 23.9 Å². The molecule has 2 heterocycles. The predicted octanol–water partition coefficient (Wildman–Crippen LogP) is 1.74. The summed E-state index contributed by atoms with van der Waals surface area (Å²) < 4.78 is 0. The number of aromatic amines is 1. The highest BCUT2D eigenvalue weighted by atomic mass is 14.9. The third kappa shape index (κ3) is 0.682. The summed E-state index contributed by atoms with van der Waals surface area (Å²) in [6.45, 7) is 0. The van der Waals surface area contributed by atoms with Crippen LogP contribution in [0.4, 0.5) is 5.82 Å². The number of hydrogen-bond acceptors (Lipinski definition) is 1. The van der Waals surface area contributed by atoms with Crippen molar-refractivity contribution in [3.8, 4) is 0 Å². The van der Waals surface area contributed by atoms with Crippen LogP contribution in [-0.4, -0.2) is 11.2 Å². The maximum absolute atomic E-state index is 4.07. The summed E-state index contributed by atoms with van der Waals surface area (Å²) in [5.41, 5.74) is 1.11. The minimum Gasteiger partial charge on any atom is -0.340 e. The number of aliphatic imine (C=N–C) groups is 1. The Morgan fingerprint density at radius 1 is 1.33 bits per heavy atom. The summed E-state index contributed by atoms with van der Waals surface area (Å²) >= 11 is 0. The molecule has 1 aliphatic heterocycles. The first-order valence-electron chi connectivity index (χ1n) is 2.85. The molecule has 0 atom stereocenters. The van der Waals surface area contributed by atoms with E-state index in [0.29, 0.717) is 0 Å². The van der Waals surface area contributed by atoms with Gasteiger partial charge in [0.25, 0.3) is 0 Å². The Morgan fingerprint density at radius 3 is 3.33 bits per heavy atom. The average molecular weight is 118 g/mol. The molecule has 1 N–H and O–H groups in total. The first-order chi connectivity index (χ1) is 4.45. The Labute approximate surface area is 52.9 Å². The zero-order valence-electron chi connectivity index (χ0n) is 4.83. The lowest BCUT2D eigenvalue weighted by atomic mass is 10.4. The molecule has 1 aliphatic rings. The van der Waals surface area contributed by atoms with Gasteiger partial charge in [-0.1, -0.05) is 0 Å². The highest BCUT2D eigenvalue weighted by molar-refractivity contribution is 5.81. The van der Waals surface area contributed by atoms with Crippen LogP contribution in [0, 0.1) is 0 Å². The first-order valence-corrected chi connectivity index (χ1v) is 2.85. The molecule has 0 aromatic carbocycles. The number of nitrogens with one attached hydrogen (secondary N) is 1. The van der Waals surface area contributed by atoms with Crippen molar-refractivity contribution in [1.29, 1.82) is 0 Å². The summed E-state index contributed by atoms with van der Waals surface area (Å²) in [4.78, 5) is 7.16. The molecule has 1 aromatic rings. The molecule has 0 saturated heterocycles. The summed E-state index contributed by atoms with van der Waals surface area (Å²) in [6, 6.07) is 3.96. The fraction of sp³-hybridized carbons (Fsp3) is 0. The van der Waals surface area contributed by atoms with Crippen molar-refractivity contribution in [2.45, 2.75) is 0 Å². The van der Waals surface area contributed by atoms with E-state index >= 15 is 0 Å². The quantitative estimate of drug-likeness (QED) is 0.537. The molecule has 0 unspecified atom stereocenters. The van der Waals surface area contributed by atoms with Gasteiger partial charge in [-0.05, 0) is 24.3 Å². The van der Waals surface area contributed by atoms with Crippen molar-refractivity contribution in [1.82, 2.24) is 4.98 Å². The maximum atomic E-state index is 4.07. The van der Waals surface area contributed by atoms with Crippen LogP contribution in [0.5, 0.6) is 0 Å². The fourth-order valence-electron chi connectivity index (χ4n) is 0.842. The van der Waals surface area contributed by atoms with Crippen molar-refractivity contribution in [2.75, 3.05) is 0 Å². The molecule has 9 heavy (non-hydrogen) atoms. The normalized spacial score (nSPS) is 13.8. The van der Waals surface area contributed by atoms with Gasteiger partial charge in [0.05, 0.1) is 0 Å². The molecular formula is C7H6N2. The second-order valence-electron chi connectivity index (χ2n) is 1.94. The SMILES string of the molecule is C1=Cc2ccc([nH]2)N=C1. The summed E-state index contributed by atoms with van der Waals surface area (Å²) in [5, 5.41) is 0. The van der Waals surface area contributed by atoms with E-state index in [9.17, 15) is 0 Å². The zero-order chi connectivity index (χ0) is 6.10. The van der Waals surface area contributed by atoms with Crippen molar-refractivity contribution in [2.24, 2.45) is 4.99 Å². The summed E-state index contributed by atoms with van der Waals surface area (Å²) in [5.74, 6) is 0.926. The van der Waals surface area contributed by atoms with Crippen LogP contribution in [0.2, 0.25) is 0 Å². The third-order valence-electron chi connectivity index (χ3n) is 1.27. The topological polar surface area (TPSA) is 28.1 Å². The van der Waals surface area contributed by atoms with Crippen molar-refractivity contribution < 1.29 is 0 Å². The van der Waals surface area contributed by atoms with Gasteiger partial charge < -0.3 is 4.98 Å². The van der Waals surface area contributed by atoms with Crippen LogP contribution in [0.3, 0.4) is 0 Å². The van der Waals surface area contributed by atoms with Crippen LogP contribution >= 0.6 is 0 Å². The molecule has 2 nitrogen and oxygen atoms in total. The van der Waals surface area contributed by atoms with Gasteiger partial charge in [0.2, 0.25) is 0 Å². The molecule has 2 heteroatoms. The lowest BCUT2D eigenvalue weighted by molar-refractivity contribution is 1.33. The van der Waals surface area contributed by atoms with Crippen LogP contribution in [0.25, 0.3) is 6.08 Å². The van der Waals surface area contributed by atoms with Gasteiger partial charge in [-0.25, -0.2) is 4.99 Å². The Balaban J connectivity index is 2.66. The second kappa shape index (κ2) is 1.58. The van der Waals surface area contributed by atoms with Crippen LogP contribution < -0.4 is 0 Å². The molecule has 2 rings (SSSR count). The predicted molar refractivity (Wildman–Crippen MR) is 38.0 cm³/mol. The molecule has 0 saturated carbocycles. The standard InChI is InChI=1S/C7H6N2/c1-2-6-3-4-7(9-6)8-5-1/h1-5H,(H,8,9). The van der Waals surface area contributed by atoms with Gasteiger partial charge in [0.15, 0.2) is 0 Å². The number of H-pyrrole nitrogens is 1. The van der Waals surface area contributed by atoms with Gasteiger partial charge in [-0.15, -0.1) is 0 Å². The number of allylic oxidation sites excluding steroid dienone is 1.